The van der Waals surface area contributed by atoms with Gasteiger partial charge in [-0.3, -0.25) is 19.8 Å². The van der Waals surface area contributed by atoms with Gasteiger partial charge in [-0.05, 0) is 42.0 Å². The largest absolute Gasteiger partial charge is 0.495 e. The van der Waals surface area contributed by atoms with Crippen LogP contribution in [0.2, 0.25) is 0 Å². The van der Waals surface area contributed by atoms with E-state index in [9.17, 15) is 14.9 Å². The van der Waals surface area contributed by atoms with E-state index in [2.05, 4.69) is 0 Å². The second kappa shape index (κ2) is 9.85. The van der Waals surface area contributed by atoms with Crippen LogP contribution in [0.15, 0.2) is 77.7 Å². The maximum atomic E-state index is 13.2. The Hall–Kier alpha value is -3.69. The van der Waals surface area contributed by atoms with Gasteiger partial charge in [0, 0.05) is 17.7 Å². The first kappa shape index (κ1) is 22.5. The standard InChI is InChI=1S/C24H18N2O5S2/c1-30-21-9-5-3-7-19(21)25-23(27)22(33-24(25)32)14-17-6-2-4-8-20(17)31-15-16-10-12-18(13-11-16)26(28)29/h2-14H,15H2,1H3/b22-14-. The van der Waals surface area contributed by atoms with Gasteiger partial charge in [-0.2, -0.15) is 0 Å². The van der Waals surface area contributed by atoms with Crippen molar-refractivity contribution in [2.75, 3.05) is 12.0 Å². The third-order valence-electron chi connectivity index (χ3n) is 4.87. The van der Waals surface area contributed by atoms with Gasteiger partial charge in [0.1, 0.15) is 18.1 Å². The number of non-ortho nitro benzene ring substituents is 1. The minimum absolute atomic E-state index is 0.0243. The van der Waals surface area contributed by atoms with Gasteiger partial charge in [0.2, 0.25) is 0 Å². The Morgan fingerprint density at radius 3 is 2.39 bits per heavy atom. The van der Waals surface area contributed by atoms with Crippen LogP contribution in [-0.4, -0.2) is 22.3 Å². The number of amides is 1. The molecule has 0 aliphatic carbocycles. The average molecular weight is 479 g/mol. The van der Waals surface area contributed by atoms with E-state index in [0.717, 1.165) is 11.1 Å². The molecule has 1 saturated heterocycles. The van der Waals surface area contributed by atoms with E-state index in [1.54, 1.807) is 43.5 Å². The van der Waals surface area contributed by atoms with Crippen LogP contribution in [0, 0.1) is 10.1 Å². The molecule has 1 fully saturated rings. The molecule has 1 aliphatic heterocycles. The molecule has 9 heteroatoms. The van der Waals surface area contributed by atoms with E-state index in [4.69, 9.17) is 21.7 Å². The lowest BCUT2D eigenvalue weighted by atomic mass is 10.1. The molecule has 7 nitrogen and oxygen atoms in total. The van der Waals surface area contributed by atoms with Crippen molar-refractivity contribution in [3.63, 3.8) is 0 Å². The molecular weight excluding hydrogens is 460 g/mol. The fourth-order valence-electron chi connectivity index (χ4n) is 3.24. The van der Waals surface area contributed by atoms with Gasteiger partial charge in [0.05, 0.1) is 22.6 Å². The minimum Gasteiger partial charge on any atom is -0.495 e. The van der Waals surface area contributed by atoms with Crippen LogP contribution in [0.4, 0.5) is 11.4 Å². The van der Waals surface area contributed by atoms with E-state index in [0.29, 0.717) is 26.4 Å². The number of hydrogen-bond donors (Lipinski definition) is 0. The third kappa shape index (κ3) is 4.89. The third-order valence-corrected chi connectivity index (χ3v) is 6.17. The first-order valence-corrected chi connectivity index (χ1v) is 11.1. The molecule has 0 N–H and O–H groups in total. The number of methoxy groups -OCH3 is 1. The number of nitro groups is 1. The molecule has 0 atom stereocenters. The fraction of sp³-hybridized carbons (Fsp3) is 0.0833. The van der Waals surface area contributed by atoms with Crippen molar-refractivity contribution >= 4 is 51.7 Å². The second-order valence-corrected chi connectivity index (χ2v) is 8.61. The number of benzene rings is 3. The van der Waals surface area contributed by atoms with Gasteiger partial charge in [-0.1, -0.05) is 54.3 Å². The lowest BCUT2D eigenvalue weighted by molar-refractivity contribution is -0.384. The molecule has 0 aromatic heterocycles. The normalized spacial score (nSPS) is 14.6. The summed E-state index contributed by atoms with van der Waals surface area (Å²) in [6, 6.07) is 20.7. The molecule has 1 aliphatic rings. The first-order chi connectivity index (χ1) is 16.0. The summed E-state index contributed by atoms with van der Waals surface area (Å²) in [6.45, 7) is 0.227. The number of para-hydroxylation sites is 3. The Morgan fingerprint density at radius 1 is 1.03 bits per heavy atom. The molecule has 0 saturated carbocycles. The molecular formula is C24H18N2O5S2. The number of hydrogen-bond acceptors (Lipinski definition) is 7. The van der Waals surface area contributed by atoms with Crippen LogP contribution >= 0.6 is 24.0 Å². The van der Waals surface area contributed by atoms with Gasteiger partial charge in [-0.25, -0.2) is 0 Å². The van der Waals surface area contributed by atoms with Gasteiger partial charge in [-0.15, -0.1) is 0 Å². The summed E-state index contributed by atoms with van der Waals surface area (Å²) in [7, 11) is 1.55. The minimum atomic E-state index is -0.443. The number of thioether (sulfide) groups is 1. The highest BCUT2D eigenvalue weighted by atomic mass is 32.2. The fourth-order valence-corrected chi connectivity index (χ4v) is 4.51. The molecule has 3 aromatic rings. The Kier molecular flexibility index (Phi) is 6.71. The van der Waals surface area contributed by atoms with Crippen LogP contribution < -0.4 is 14.4 Å². The lowest BCUT2D eigenvalue weighted by Gasteiger charge is -2.17. The maximum Gasteiger partial charge on any atom is 0.270 e. The van der Waals surface area contributed by atoms with Crippen molar-refractivity contribution in [1.82, 2.24) is 0 Å². The smallest absolute Gasteiger partial charge is 0.270 e. The summed E-state index contributed by atoms with van der Waals surface area (Å²) in [6.07, 6.45) is 1.75. The van der Waals surface area contributed by atoms with E-state index in [1.807, 2.05) is 30.3 Å². The number of rotatable bonds is 7. The van der Waals surface area contributed by atoms with E-state index in [-0.39, 0.29) is 18.2 Å². The summed E-state index contributed by atoms with van der Waals surface area (Å²) in [5.74, 6) is 0.903. The Morgan fingerprint density at radius 2 is 1.70 bits per heavy atom. The Labute approximate surface area is 199 Å². The van der Waals surface area contributed by atoms with Crippen molar-refractivity contribution in [3.05, 3.63) is 98.9 Å². The summed E-state index contributed by atoms with van der Waals surface area (Å²) < 4.78 is 11.7. The number of carbonyl (C=O) groups excluding carboxylic acids is 1. The van der Waals surface area contributed by atoms with Crippen LogP contribution in [-0.2, 0) is 11.4 Å². The molecule has 4 rings (SSSR count). The van der Waals surface area contributed by atoms with Crippen LogP contribution in [0.1, 0.15) is 11.1 Å². The SMILES string of the molecule is COc1ccccc1N1C(=O)/C(=C/c2ccccc2OCc2ccc([N+](=O)[O-])cc2)SC1=S. The first-order valence-electron chi connectivity index (χ1n) is 9.84. The monoisotopic (exact) mass is 478 g/mol. The molecule has 0 spiro atoms. The van der Waals surface area contributed by atoms with Gasteiger partial charge < -0.3 is 9.47 Å². The predicted molar refractivity (Wildman–Crippen MR) is 133 cm³/mol. The average Bonchev–Trinajstić information content (AvgIpc) is 3.11. The van der Waals surface area contributed by atoms with E-state index < -0.39 is 4.92 Å². The number of anilines is 1. The van der Waals surface area contributed by atoms with Gasteiger partial charge in [0.15, 0.2) is 4.32 Å². The molecule has 3 aromatic carbocycles. The summed E-state index contributed by atoms with van der Waals surface area (Å²) in [5.41, 5.74) is 2.13. The van der Waals surface area contributed by atoms with Gasteiger partial charge >= 0.3 is 0 Å². The Bertz CT molecular complexity index is 1260. The van der Waals surface area contributed by atoms with Crippen LogP contribution in [0.5, 0.6) is 11.5 Å². The van der Waals surface area contributed by atoms with Crippen LogP contribution in [0.3, 0.4) is 0 Å². The highest BCUT2D eigenvalue weighted by molar-refractivity contribution is 8.27. The quantitative estimate of drug-likeness (QED) is 0.190. The number of nitrogens with zero attached hydrogens (tertiary/aromatic N) is 2. The second-order valence-electron chi connectivity index (χ2n) is 6.94. The lowest BCUT2D eigenvalue weighted by Crippen LogP contribution is -2.27. The summed E-state index contributed by atoms with van der Waals surface area (Å²) in [5, 5.41) is 10.8. The molecule has 33 heavy (non-hydrogen) atoms. The molecule has 0 unspecified atom stereocenters. The van der Waals surface area contributed by atoms with Crippen molar-refractivity contribution in [2.24, 2.45) is 0 Å². The highest BCUT2D eigenvalue weighted by Gasteiger charge is 2.35. The molecule has 1 amide bonds. The molecule has 0 bridgehead atoms. The van der Waals surface area contributed by atoms with Crippen molar-refractivity contribution in [3.8, 4) is 11.5 Å². The Balaban J connectivity index is 1.55. The summed E-state index contributed by atoms with van der Waals surface area (Å²) in [4.78, 5) is 25.5. The van der Waals surface area contributed by atoms with E-state index >= 15 is 0 Å². The molecule has 0 radical (unpaired) electrons. The number of carbonyl (C=O) groups is 1. The highest BCUT2D eigenvalue weighted by Crippen LogP contribution is 2.40. The van der Waals surface area contributed by atoms with Crippen molar-refractivity contribution < 1.29 is 19.2 Å². The van der Waals surface area contributed by atoms with Crippen molar-refractivity contribution in [1.29, 1.82) is 0 Å². The zero-order valence-electron chi connectivity index (χ0n) is 17.5. The van der Waals surface area contributed by atoms with Crippen LogP contribution in [0.25, 0.3) is 6.08 Å². The number of ether oxygens (including phenoxy) is 2. The van der Waals surface area contributed by atoms with Gasteiger partial charge in [0.25, 0.3) is 11.6 Å². The van der Waals surface area contributed by atoms with E-state index in [1.165, 1.54) is 28.8 Å². The zero-order valence-corrected chi connectivity index (χ0v) is 19.1. The molecule has 1 heterocycles. The number of thiocarbonyl (C=S) groups is 1. The zero-order chi connectivity index (χ0) is 23.4. The summed E-state index contributed by atoms with van der Waals surface area (Å²) >= 11 is 6.68. The predicted octanol–water partition coefficient (Wildman–Crippen LogP) is 5.59. The molecule has 166 valence electrons. The van der Waals surface area contributed by atoms with Crippen molar-refractivity contribution in [2.45, 2.75) is 6.61 Å². The topological polar surface area (TPSA) is 81.9 Å². The number of nitro benzene ring substituents is 1. The maximum absolute atomic E-state index is 13.2.